The first-order valence-electron chi connectivity index (χ1n) is 7.39. The summed E-state index contributed by atoms with van der Waals surface area (Å²) in [5, 5.41) is 0. The van der Waals surface area contributed by atoms with E-state index in [1.165, 1.54) is 0 Å². The molecule has 2 heterocycles. The van der Waals surface area contributed by atoms with Gasteiger partial charge in [-0.05, 0) is 25.7 Å². The number of hydrogen-bond acceptors (Lipinski definition) is 5. The molecule has 1 N–H and O–H groups in total. The molecule has 0 bridgehead atoms. The van der Waals surface area contributed by atoms with E-state index in [4.69, 9.17) is 4.43 Å². The zero-order chi connectivity index (χ0) is 16.4. The van der Waals surface area contributed by atoms with E-state index < -0.39 is 16.6 Å². The monoisotopic (exact) mass is 332 g/mol. The van der Waals surface area contributed by atoms with Crippen LogP contribution in [0.4, 0.5) is 5.82 Å². The molecule has 0 aliphatic heterocycles. The molecule has 0 aliphatic rings. The fourth-order valence-electron chi connectivity index (χ4n) is 1.87. The lowest BCUT2D eigenvalue weighted by atomic mass is 10.1. The Morgan fingerprint density at radius 2 is 1.77 bits per heavy atom. The van der Waals surface area contributed by atoms with E-state index in [1.54, 1.807) is 6.20 Å². The first kappa shape index (κ1) is 16.6. The number of hydrogen-bond donors (Lipinski definition) is 1. The molecular weight excluding hydrogens is 308 g/mol. The molecule has 2 aromatic rings. The summed E-state index contributed by atoms with van der Waals surface area (Å²) in [6.07, 6.45) is 5.41. The van der Waals surface area contributed by atoms with Crippen LogP contribution in [0.15, 0.2) is 30.7 Å². The van der Waals surface area contributed by atoms with Gasteiger partial charge in [-0.3, -0.25) is 4.98 Å². The van der Waals surface area contributed by atoms with Crippen LogP contribution < -0.4 is 9.41 Å². The third-order valence-electron chi connectivity index (χ3n) is 2.63. The zero-order valence-electron chi connectivity index (χ0n) is 14.1. The number of aromatic nitrogens is 3. The van der Waals surface area contributed by atoms with Crippen molar-refractivity contribution in [2.75, 3.05) is 4.98 Å². The van der Waals surface area contributed by atoms with Gasteiger partial charge in [0.2, 0.25) is 8.32 Å². The zero-order valence-corrected chi connectivity index (χ0v) is 16.1. The Balaban J connectivity index is 2.45. The maximum absolute atomic E-state index is 5.92. The highest BCUT2D eigenvalue weighted by Gasteiger charge is 2.21. The topological polar surface area (TPSA) is 59.9 Å². The second-order valence-electron chi connectivity index (χ2n) is 7.25. The molecule has 0 unspecified atom stereocenters. The minimum absolute atomic E-state index is 0.451. The van der Waals surface area contributed by atoms with Crippen molar-refractivity contribution >= 4 is 22.4 Å². The van der Waals surface area contributed by atoms with Crippen LogP contribution in [0.2, 0.25) is 39.3 Å². The summed E-state index contributed by atoms with van der Waals surface area (Å²) in [5.74, 6) is 0.829. The average Bonchev–Trinajstić information content (AvgIpc) is 2.36. The third-order valence-corrected chi connectivity index (χ3v) is 4.41. The Morgan fingerprint density at radius 3 is 2.32 bits per heavy atom. The largest absolute Gasteiger partial charge is 0.518 e. The number of rotatable bonds is 5. The van der Waals surface area contributed by atoms with Crippen LogP contribution in [-0.2, 0) is 0 Å². The lowest BCUT2D eigenvalue weighted by Crippen LogP contribution is -2.34. The second kappa shape index (κ2) is 6.17. The molecule has 22 heavy (non-hydrogen) atoms. The van der Waals surface area contributed by atoms with Gasteiger partial charge in [0.15, 0.2) is 0 Å². The van der Waals surface area contributed by atoms with Gasteiger partial charge in [0, 0.05) is 29.7 Å². The van der Waals surface area contributed by atoms with Crippen molar-refractivity contribution in [2.24, 2.45) is 0 Å². The van der Waals surface area contributed by atoms with Gasteiger partial charge in [0.1, 0.15) is 14.1 Å². The summed E-state index contributed by atoms with van der Waals surface area (Å²) in [7, 11) is -3.28. The van der Waals surface area contributed by atoms with Gasteiger partial charge in [-0.2, -0.15) is 4.98 Å². The molecule has 2 aromatic heterocycles. The van der Waals surface area contributed by atoms with Crippen molar-refractivity contribution in [1.82, 2.24) is 15.0 Å². The van der Waals surface area contributed by atoms with Gasteiger partial charge < -0.3 is 9.41 Å². The number of pyridine rings is 1. The highest BCUT2D eigenvalue weighted by atomic mass is 28.4. The van der Waals surface area contributed by atoms with Gasteiger partial charge in [-0.25, -0.2) is 4.98 Å². The van der Waals surface area contributed by atoms with E-state index >= 15 is 0 Å². The molecule has 5 nitrogen and oxygen atoms in total. The van der Waals surface area contributed by atoms with Crippen LogP contribution in [0.3, 0.4) is 0 Å². The smallest absolute Gasteiger partial charge is 0.304 e. The standard InChI is InChI=1S/C15H24N4OSi2/c1-21(2,3)19-14-13(12-8-7-9-16-10-12)11-17-15(18-14)20-22(4,5)6/h7-11H,1-6H3,(H,17,18,19). The highest BCUT2D eigenvalue weighted by Crippen LogP contribution is 2.28. The summed E-state index contributed by atoms with van der Waals surface area (Å²) in [5.41, 5.74) is 1.96. The van der Waals surface area contributed by atoms with Gasteiger partial charge in [-0.1, -0.05) is 25.7 Å². The number of nitrogens with one attached hydrogen (secondary N) is 1. The van der Waals surface area contributed by atoms with E-state index in [0.717, 1.165) is 16.9 Å². The fourth-order valence-corrected chi connectivity index (χ4v) is 3.42. The third kappa shape index (κ3) is 4.92. The van der Waals surface area contributed by atoms with Crippen molar-refractivity contribution in [3.63, 3.8) is 0 Å². The Bertz CT molecular complexity index is 636. The van der Waals surface area contributed by atoms with E-state index in [1.807, 2.05) is 24.5 Å². The molecule has 7 heteroatoms. The van der Waals surface area contributed by atoms with Crippen LogP contribution >= 0.6 is 0 Å². The normalized spacial score (nSPS) is 12.1. The molecule has 0 saturated carbocycles. The van der Waals surface area contributed by atoms with Crippen molar-refractivity contribution in [3.05, 3.63) is 30.7 Å². The summed E-state index contributed by atoms with van der Waals surface area (Å²) >= 11 is 0. The molecule has 2 rings (SSSR count). The highest BCUT2D eigenvalue weighted by molar-refractivity contribution is 6.79. The first-order valence-corrected chi connectivity index (χ1v) is 14.3. The minimum atomic E-state index is -1.73. The first-order chi connectivity index (χ1) is 10.1. The average molecular weight is 333 g/mol. The maximum atomic E-state index is 5.92. The molecule has 0 amide bonds. The molecule has 0 saturated heterocycles. The van der Waals surface area contributed by atoms with Crippen LogP contribution in [0.1, 0.15) is 0 Å². The van der Waals surface area contributed by atoms with E-state index in [0.29, 0.717) is 6.01 Å². The molecule has 0 fully saturated rings. The van der Waals surface area contributed by atoms with E-state index in [-0.39, 0.29) is 0 Å². The summed E-state index contributed by atoms with van der Waals surface area (Å²) in [4.78, 5) is 16.8. The van der Waals surface area contributed by atoms with Gasteiger partial charge >= 0.3 is 6.01 Å². The lowest BCUT2D eigenvalue weighted by molar-refractivity contribution is 0.510. The maximum Gasteiger partial charge on any atom is 0.304 e. The molecule has 0 spiro atoms. The predicted molar refractivity (Wildman–Crippen MR) is 96.2 cm³/mol. The summed E-state index contributed by atoms with van der Waals surface area (Å²) in [6, 6.07) is 4.38. The Hall–Kier alpha value is -1.74. The lowest BCUT2D eigenvalue weighted by Gasteiger charge is -2.23. The molecule has 0 atom stereocenters. The van der Waals surface area contributed by atoms with Gasteiger partial charge in [-0.15, -0.1) is 0 Å². The predicted octanol–water partition coefficient (Wildman–Crippen LogP) is 4.00. The van der Waals surface area contributed by atoms with Crippen LogP contribution in [-0.4, -0.2) is 31.5 Å². The summed E-state index contributed by atoms with van der Waals surface area (Å²) < 4.78 is 5.92. The van der Waals surface area contributed by atoms with Gasteiger partial charge in [0.05, 0.1) is 0 Å². The molecular formula is C15H24N4OSi2. The van der Waals surface area contributed by atoms with E-state index in [2.05, 4.69) is 59.2 Å². The van der Waals surface area contributed by atoms with Crippen molar-refractivity contribution in [2.45, 2.75) is 39.3 Å². The van der Waals surface area contributed by atoms with Gasteiger partial charge in [0.25, 0.3) is 0 Å². The molecule has 118 valence electrons. The fraction of sp³-hybridized carbons (Fsp3) is 0.400. The second-order valence-corrected chi connectivity index (χ2v) is 16.4. The Morgan fingerprint density at radius 1 is 1.05 bits per heavy atom. The van der Waals surface area contributed by atoms with Crippen LogP contribution in [0.25, 0.3) is 11.1 Å². The number of anilines is 1. The van der Waals surface area contributed by atoms with Crippen LogP contribution in [0, 0.1) is 0 Å². The van der Waals surface area contributed by atoms with Crippen molar-refractivity contribution < 1.29 is 4.43 Å². The number of nitrogens with zero attached hydrogens (tertiary/aromatic N) is 3. The summed E-state index contributed by atoms with van der Waals surface area (Å²) in [6.45, 7) is 13.1. The van der Waals surface area contributed by atoms with Crippen molar-refractivity contribution in [1.29, 1.82) is 0 Å². The van der Waals surface area contributed by atoms with Crippen LogP contribution in [0.5, 0.6) is 6.01 Å². The minimum Gasteiger partial charge on any atom is -0.518 e. The van der Waals surface area contributed by atoms with Crippen molar-refractivity contribution in [3.8, 4) is 17.1 Å². The molecule has 0 aromatic carbocycles. The molecule has 0 aliphatic carbocycles. The SMILES string of the molecule is C[Si](C)(C)Nc1nc(O[Si](C)(C)C)ncc1-c1cccnc1. The molecule has 0 radical (unpaired) electrons. The quantitative estimate of drug-likeness (QED) is 0.839. The van der Waals surface area contributed by atoms with E-state index in [9.17, 15) is 0 Å². The Kier molecular flexibility index (Phi) is 4.67. The Labute approximate surface area is 134 Å².